The van der Waals surface area contributed by atoms with Crippen LogP contribution in [0.2, 0.25) is 0 Å². The van der Waals surface area contributed by atoms with Crippen molar-refractivity contribution in [2.24, 2.45) is 0 Å². The normalized spacial score (nSPS) is 15.7. The summed E-state index contributed by atoms with van der Waals surface area (Å²) in [6, 6.07) is 11.9. The van der Waals surface area contributed by atoms with Crippen molar-refractivity contribution in [2.45, 2.75) is 31.9 Å². The second-order valence-corrected chi connectivity index (χ2v) is 5.51. The van der Waals surface area contributed by atoms with Crippen LogP contribution in [0.3, 0.4) is 0 Å². The maximum Gasteiger partial charge on any atom is 0.258 e. The third-order valence-corrected chi connectivity index (χ3v) is 3.65. The Labute approximate surface area is 123 Å². The molecule has 110 valence electrons. The molecular weight excluding hydrogens is 266 g/mol. The van der Waals surface area contributed by atoms with Gasteiger partial charge < -0.3 is 15.2 Å². The standard InChI is InChI=1S/C17H19NO3/c1-11(19)14-9-6-12-4-2-3-5-15(12)17(14)21-10-16(20)18-13-7-8-13/h2-6,9,11,13,19H,7-8,10H2,1H3,(H,18,20)/t11-/m1/s1. The summed E-state index contributed by atoms with van der Waals surface area (Å²) in [6.07, 6.45) is 1.47. The quantitative estimate of drug-likeness (QED) is 0.887. The number of fused-ring (bicyclic) bond motifs is 1. The third-order valence-electron chi connectivity index (χ3n) is 3.65. The Balaban J connectivity index is 1.86. The van der Waals surface area contributed by atoms with E-state index in [0.717, 1.165) is 23.6 Å². The largest absolute Gasteiger partial charge is 0.483 e. The first kappa shape index (κ1) is 13.9. The highest BCUT2D eigenvalue weighted by molar-refractivity contribution is 5.90. The SMILES string of the molecule is C[C@@H](O)c1ccc2ccccc2c1OCC(=O)NC1CC1. The molecule has 0 radical (unpaired) electrons. The van der Waals surface area contributed by atoms with Crippen molar-refractivity contribution in [2.75, 3.05) is 6.61 Å². The van der Waals surface area contributed by atoms with Gasteiger partial charge in [-0.1, -0.05) is 36.4 Å². The molecule has 0 aliphatic heterocycles. The molecule has 4 heteroatoms. The van der Waals surface area contributed by atoms with Crippen LogP contribution in [0.25, 0.3) is 10.8 Å². The summed E-state index contributed by atoms with van der Waals surface area (Å²) < 4.78 is 5.73. The summed E-state index contributed by atoms with van der Waals surface area (Å²) >= 11 is 0. The summed E-state index contributed by atoms with van der Waals surface area (Å²) in [6.45, 7) is 1.67. The van der Waals surface area contributed by atoms with E-state index in [0.29, 0.717) is 17.4 Å². The van der Waals surface area contributed by atoms with Gasteiger partial charge in [-0.15, -0.1) is 0 Å². The minimum Gasteiger partial charge on any atom is -0.483 e. The first-order valence-electron chi connectivity index (χ1n) is 7.27. The molecule has 3 rings (SSSR count). The van der Waals surface area contributed by atoms with E-state index in [1.807, 2.05) is 36.4 Å². The fourth-order valence-electron chi connectivity index (χ4n) is 2.38. The first-order chi connectivity index (χ1) is 10.1. The third kappa shape index (κ3) is 3.16. The van der Waals surface area contributed by atoms with E-state index in [4.69, 9.17) is 4.74 Å². The Hall–Kier alpha value is -2.07. The van der Waals surface area contributed by atoms with Crippen LogP contribution in [0.4, 0.5) is 0 Å². The van der Waals surface area contributed by atoms with Gasteiger partial charge in [0.2, 0.25) is 0 Å². The summed E-state index contributed by atoms with van der Waals surface area (Å²) in [5.74, 6) is 0.482. The highest BCUT2D eigenvalue weighted by atomic mass is 16.5. The van der Waals surface area contributed by atoms with Crippen molar-refractivity contribution < 1.29 is 14.6 Å². The molecule has 0 heterocycles. The molecule has 0 aromatic heterocycles. The molecule has 1 saturated carbocycles. The monoisotopic (exact) mass is 285 g/mol. The molecule has 1 fully saturated rings. The van der Waals surface area contributed by atoms with Crippen molar-refractivity contribution >= 4 is 16.7 Å². The van der Waals surface area contributed by atoms with Crippen molar-refractivity contribution in [3.8, 4) is 5.75 Å². The number of rotatable bonds is 5. The van der Waals surface area contributed by atoms with Gasteiger partial charge in [-0.3, -0.25) is 4.79 Å². The second kappa shape index (κ2) is 5.74. The van der Waals surface area contributed by atoms with E-state index < -0.39 is 6.10 Å². The Morgan fingerprint density at radius 1 is 1.33 bits per heavy atom. The molecule has 1 aliphatic carbocycles. The van der Waals surface area contributed by atoms with Crippen LogP contribution < -0.4 is 10.1 Å². The van der Waals surface area contributed by atoms with Gasteiger partial charge in [0.05, 0.1) is 6.10 Å². The molecule has 0 spiro atoms. The van der Waals surface area contributed by atoms with E-state index in [-0.39, 0.29) is 12.5 Å². The molecule has 4 nitrogen and oxygen atoms in total. The van der Waals surface area contributed by atoms with Crippen molar-refractivity contribution in [3.05, 3.63) is 42.0 Å². The van der Waals surface area contributed by atoms with E-state index in [1.165, 1.54) is 0 Å². The smallest absolute Gasteiger partial charge is 0.258 e. The predicted octanol–water partition coefficient (Wildman–Crippen LogP) is 2.55. The number of hydrogen-bond acceptors (Lipinski definition) is 3. The number of hydrogen-bond donors (Lipinski definition) is 2. The Kier molecular flexibility index (Phi) is 3.80. The maximum absolute atomic E-state index is 11.8. The molecule has 21 heavy (non-hydrogen) atoms. The minimum atomic E-state index is -0.643. The highest BCUT2D eigenvalue weighted by Gasteiger charge is 2.23. The topological polar surface area (TPSA) is 58.6 Å². The molecule has 1 amide bonds. The molecule has 1 aliphatic rings. The number of carbonyl (C=O) groups excluding carboxylic acids is 1. The van der Waals surface area contributed by atoms with E-state index in [1.54, 1.807) is 6.92 Å². The summed E-state index contributed by atoms with van der Waals surface area (Å²) in [4.78, 5) is 11.8. The van der Waals surface area contributed by atoms with Gasteiger partial charge in [0.1, 0.15) is 5.75 Å². The first-order valence-corrected chi connectivity index (χ1v) is 7.27. The lowest BCUT2D eigenvalue weighted by atomic mass is 10.0. The summed E-state index contributed by atoms with van der Waals surface area (Å²) in [5, 5.41) is 14.7. The number of ether oxygens (including phenoxy) is 1. The zero-order chi connectivity index (χ0) is 14.8. The molecule has 2 aromatic carbocycles. The van der Waals surface area contributed by atoms with Crippen LogP contribution in [0.1, 0.15) is 31.4 Å². The molecular formula is C17H19NO3. The zero-order valence-electron chi connectivity index (χ0n) is 12.0. The maximum atomic E-state index is 11.8. The number of amides is 1. The van der Waals surface area contributed by atoms with Gasteiger partial charge in [-0.05, 0) is 25.2 Å². The number of aliphatic hydroxyl groups is 1. The molecule has 2 N–H and O–H groups in total. The summed E-state index contributed by atoms with van der Waals surface area (Å²) in [7, 11) is 0. The van der Waals surface area contributed by atoms with Crippen LogP contribution in [0.15, 0.2) is 36.4 Å². The van der Waals surface area contributed by atoms with Gasteiger partial charge in [0.25, 0.3) is 5.91 Å². The van der Waals surface area contributed by atoms with Crippen LogP contribution in [0.5, 0.6) is 5.75 Å². The van der Waals surface area contributed by atoms with Gasteiger partial charge in [-0.25, -0.2) is 0 Å². The molecule has 0 saturated heterocycles. The van der Waals surface area contributed by atoms with E-state index in [2.05, 4.69) is 5.32 Å². The van der Waals surface area contributed by atoms with E-state index in [9.17, 15) is 9.90 Å². The van der Waals surface area contributed by atoms with Crippen molar-refractivity contribution in [1.82, 2.24) is 5.32 Å². The predicted molar refractivity (Wildman–Crippen MR) is 81.2 cm³/mol. The average Bonchev–Trinajstić information content (AvgIpc) is 3.28. The van der Waals surface area contributed by atoms with Crippen LogP contribution in [-0.2, 0) is 4.79 Å². The molecule has 1 atom stereocenters. The average molecular weight is 285 g/mol. The number of nitrogens with one attached hydrogen (secondary N) is 1. The van der Waals surface area contributed by atoms with Gasteiger partial charge in [0, 0.05) is 17.0 Å². The van der Waals surface area contributed by atoms with Crippen LogP contribution >= 0.6 is 0 Å². The lowest BCUT2D eigenvalue weighted by molar-refractivity contribution is -0.123. The van der Waals surface area contributed by atoms with Crippen LogP contribution in [-0.4, -0.2) is 23.7 Å². The van der Waals surface area contributed by atoms with Crippen LogP contribution in [0, 0.1) is 0 Å². The number of carbonyl (C=O) groups is 1. The lowest BCUT2D eigenvalue weighted by Crippen LogP contribution is -2.30. The molecule has 2 aromatic rings. The second-order valence-electron chi connectivity index (χ2n) is 5.51. The highest BCUT2D eigenvalue weighted by Crippen LogP contribution is 2.33. The van der Waals surface area contributed by atoms with Gasteiger partial charge in [-0.2, -0.15) is 0 Å². The summed E-state index contributed by atoms with van der Waals surface area (Å²) in [5.41, 5.74) is 0.702. The van der Waals surface area contributed by atoms with E-state index >= 15 is 0 Å². The van der Waals surface area contributed by atoms with Crippen molar-refractivity contribution in [3.63, 3.8) is 0 Å². The number of aliphatic hydroxyl groups excluding tert-OH is 1. The van der Waals surface area contributed by atoms with Gasteiger partial charge in [0.15, 0.2) is 6.61 Å². The Morgan fingerprint density at radius 3 is 2.81 bits per heavy atom. The lowest BCUT2D eigenvalue weighted by Gasteiger charge is -2.16. The fraction of sp³-hybridized carbons (Fsp3) is 0.353. The Morgan fingerprint density at radius 2 is 2.10 bits per heavy atom. The molecule has 0 bridgehead atoms. The van der Waals surface area contributed by atoms with Crippen molar-refractivity contribution in [1.29, 1.82) is 0 Å². The fourth-order valence-corrected chi connectivity index (χ4v) is 2.38. The number of benzene rings is 2. The minimum absolute atomic E-state index is 0.0236. The zero-order valence-corrected chi connectivity index (χ0v) is 12.0. The Bertz CT molecular complexity index is 662. The molecule has 0 unspecified atom stereocenters. The van der Waals surface area contributed by atoms with Gasteiger partial charge >= 0.3 is 0 Å².